The van der Waals surface area contributed by atoms with E-state index in [9.17, 15) is 14.0 Å². The number of carbonyl (C=O) groups excluding carboxylic acids is 2. The zero-order valence-corrected chi connectivity index (χ0v) is 21.3. The molecule has 5 heterocycles. The van der Waals surface area contributed by atoms with Crippen LogP contribution in [0.3, 0.4) is 0 Å². The van der Waals surface area contributed by atoms with Crippen LogP contribution in [0.2, 0.25) is 0 Å². The molecule has 1 atom stereocenters. The summed E-state index contributed by atoms with van der Waals surface area (Å²) in [7, 11) is 0. The van der Waals surface area contributed by atoms with Crippen LogP contribution in [0.15, 0.2) is 53.7 Å². The Bertz CT molecular complexity index is 1720. The van der Waals surface area contributed by atoms with Gasteiger partial charge in [0.2, 0.25) is 0 Å². The molecule has 3 N–H and O–H groups in total. The van der Waals surface area contributed by atoms with E-state index in [1.807, 2.05) is 25.1 Å². The number of halogens is 1. The van der Waals surface area contributed by atoms with Crippen molar-refractivity contribution in [3.8, 4) is 10.4 Å². The lowest BCUT2D eigenvalue weighted by atomic mass is 10.0. The first-order valence-electron chi connectivity index (χ1n) is 11.4. The van der Waals surface area contributed by atoms with Gasteiger partial charge in [0.1, 0.15) is 28.1 Å². The minimum Gasteiger partial charge on any atom is -0.362 e. The molecule has 8 nitrogen and oxygen atoms in total. The minimum absolute atomic E-state index is 0.152. The van der Waals surface area contributed by atoms with Gasteiger partial charge >= 0.3 is 0 Å². The molecule has 1 aromatic carbocycles. The summed E-state index contributed by atoms with van der Waals surface area (Å²) in [6.07, 6.45) is 3.14. The highest BCUT2D eigenvalue weighted by Crippen LogP contribution is 2.38. The van der Waals surface area contributed by atoms with E-state index in [4.69, 9.17) is 0 Å². The van der Waals surface area contributed by atoms with E-state index in [1.54, 1.807) is 25.3 Å². The number of nitrogens with zero attached hydrogens (tertiary/aromatic N) is 3. The van der Waals surface area contributed by atoms with Crippen molar-refractivity contribution in [2.45, 2.75) is 19.9 Å². The number of carbonyl (C=O) groups is 2. The number of anilines is 2. The van der Waals surface area contributed by atoms with Crippen molar-refractivity contribution in [1.82, 2.24) is 15.0 Å². The lowest BCUT2D eigenvalue weighted by Gasteiger charge is -2.14. The van der Waals surface area contributed by atoms with Crippen molar-refractivity contribution in [1.29, 1.82) is 0 Å². The third kappa shape index (κ3) is 4.32. The fraction of sp³-hybridized carbons (Fsp3) is 0.115. The second-order valence-corrected chi connectivity index (χ2v) is 10.7. The highest BCUT2D eigenvalue weighted by Gasteiger charge is 2.24. The Labute approximate surface area is 218 Å². The number of thiophene rings is 2. The molecule has 0 saturated carbocycles. The van der Waals surface area contributed by atoms with Gasteiger partial charge in [-0.25, -0.2) is 19.4 Å². The predicted octanol–water partition coefficient (Wildman–Crippen LogP) is 6.19. The Hall–Kier alpha value is -4.22. The van der Waals surface area contributed by atoms with Gasteiger partial charge in [-0.3, -0.25) is 9.59 Å². The summed E-state index contributed by atoms with van der Waals surface area (Å²) in [5, 5.41) is 7.02. The first kappa shape index (κ1) is 23.2. The minimum atomic E-state index is -0.413. The summed E-state index contributed by atoms with van der Waals surface area (Å²) in [6, 6.07) is 11.7. The molecule has 37 heavy (non-hydrogen) atoms. The number of aryl methyl sites for hydroxylation is 1. The second-order valence-electron chi connectivity index (χ2n) is 8.54. The summed E-state index contributed by atoms with van der Waals surface area (Å²) >= 11 is 2.77. The van der Waals surface area contributed by atoms with Crippen molar-refractivity contribution in [2.75, 3.05) is 10.6 Å². The Morgan fingerprint density at radius 2 is 2.00 bits per heavy atom. The molecule has 1 aliphatic rings. The van der Waals surface area contributed by atoms with E-state index in [0.29, 0.717) is 43.9 Å². The van der Waals surface area contributed by atoms with E-state index in [2.05, 4.69) is 30.6 Å². The first-order valence-corrected chi connectivity index (χ1v) is 13.0. The molecule has 1 aliphatic heterocycles. The van der Waals surface area contributed by atoms with Crippen LogP contribution >= 0.6 is 22.7 Å². The molecule has 0 bridgehead atoms. The van der Waals surface area contributed by atoms with Crippen LogP contribution in [-0.4, -0.2) is 33.0 Å². The zero-order valence-electron chi connectivity index (χ0n) is 19.6. The molecule has 2 amide bonds. The number of rotatable bonds is 6. The smallest absolute Gasteiger partial charge is 0.278 e. The van der Waals surface area contributed by atoms with E-state index in [0.717, 1.165) is 15.1 Å². The fourth-order valence-electron chi connectivity index (χ4n) is 4.20. The maximum Gasteiger partial charge on any atom is 0.278 e. The van der Waals surface area contributed by atoms with Gasteiger partial charge in [-0.1, -0.05) is 0 Å². The molecule has 0 radical (unpaired) electrons. The number of hydrogen-bond acceptors (Lipinski definition) is 7. The number of aromatic amines is 1. The van der Waals surface area contributed by atoms with E-state index in [-0.39, 0.29) is 17.9 Å². The Kier molecular flexibility index (Phi) is 5.65. The summed E-state index contributed by atoms with van der Waals surface area (Å²) in [5.74, 6) is 0.812. The summed E-state index contributed by atoms with van der Waals surface area (Å²) in [5.41, 5.74) is 1.46. The largest absolute Gasteiger partial charge is 0.362 e. The first-order chi connectivity index (χ1) is 17.9. The van der Waals surface area contributed by atoms with Crippen LogP contribution in [0.25, 0.3) is 20.7 Å². The Morgan fingerprint density at radius 1 is 1.14 bits per heavy atom. The highest BCUT2D eigenvalue weighted by molar-refractivity contribution is 7.20. The van der Waals surface area contributed by atoms with Crippen molar-refractivity contribution in [3.05, 3.63) is 81.2 Å². The summed E-state index contributed by atoms with van der Waals surface area (Å²) in [4.78, 5) is 43.9. The predicted molar refractivity (Wildman–Crippen MR) is 145 cm³/mol. The Morgan fingerprint density at radius 3 is 2.81 bits per heavy atom. The number of aliphatic imine (C=N–C) groups is 1. The highest BCUT2D eigenvalue weighted by atomic mass is 32.1. The molecular weight excluding hydrogens is 511 g/mol. The van der Waals surface area contributed by atoms with Crippen LogP contribution in [0.5, 0.6) is 0 Å². The topological polar surface area (TPSA) is 112 Å². The molecule has 184 valence electrons. The SMILES string of the molecule is Cc1nc(NC(C)c2ccc(-c3cc(F)cc4c3C(=O)N=C4)s2)c2cc(C(=O)Nc3ccc[nH]3)sc2n1. The Balaban J connectivity index is 1.28. The lowest BCUT2D eigenvalue weighted by Crippen LogP contribution is -2.10. The van der Waals surface area contributed by atoms with Gasteiger partial charge in [0.25, 0.3) is 11.8 Å². The third-order valence-electron chi connectivity index (χ3n) is 5.92. The van der Waals surface area contributed by atoms with E-state index < -0.39 is 5.82 Å². The molecular formula is C26H19FN6O2S2. The van der Waals surface area contributed by atoms with Gasteiger partial charge in [-0.15, -0.1) is 22.7 Å². The zero-order chi connectivity index (χ0) is 25.7. The van der Waals surface area contributed by atoms with Gasteiger partial charge in [-0.05, 0) is 56.3 Å². The number of amides is 2. The number of benzene rings is 1. The van der Waals surface area contributed by atoms with Crippen LogP contribution < -0.4 is 10.6 Å². The van der Waals surface area contributed by atoms with Gasteiger partial charge in [0, 0.05) is 33.3 Å². The molecule has 6 rings (SSSR count). The van der Waals surface area contributed by atoms with Gasteiger partial charge in [0.15, 0.2) is 0 Å². The molecule has 11 heteroatoms. The van der Waals surface area contributed by atoms with Crippen molar-refractivity contribution < 1.29 is 14.0 Å². The fourth-order valence-corrected chi connectivity index (χ4v) is 6.21. The number of H-pyrrole nitrogens is 1. The summed E-state index contributed by atoms with van der Waals surface area (Å²) < 4.78 is 14.2. The molecule has 4 aromatic heterocycles. The monoisotopic (exact) mass is 530 g/mol. The lowest BCUT2D eigenvalue weighted by molar-refractivity contribution is 0.100. The average molecular weight is 531 g/mol. The van der Waals surface area contributed by atoms with Gasteiger partial charge in [-0.2, -0.15) is 0 Å². The molecule has 0 spiro atoms. The molecule has 0 saturated heterocycles. The normalized spacial score (nSPS) is 13.2. The van der Waals surface area contributed by atoms with E-state index in [1.165, 1.54) is 41.0 Å². The van der Waals surface area contributed by atoms with E-state index >= 15 is 0 Å². The van der Waals surface area contributed by atoms with Crippen molar-refractivity contribution in [3.63, 3.8) is 0 Å². The number of nitrogens with one attached hydrogen (secondary N) is 3. The quantitative estimate of drug-likeness (QED) is 0.242. The number of hydrogen-bond donors (Lipinski definition) is 3. The van der Waals surface area contributed by atoms with Crippen molar-refractivity contribution in [2.24, 2.45) is 4.99 Å². The molecule has 5 aromatic rings. The molecule has 1 unspecified atom stereocenters. The second kappa shape index (κ2) is 9.02. The van der Waals surface area contributed by atoms with Crippen LogP contribution in [-0.2, 0) is 0 Å². The van der Waals surface area contributed by atoms with Gasteiger partial charge < -0.3 is 15.6 Å². The van der Waals surface area contributed by atoms with Crippen molar-refractivity contribution >= 4 is 62.6 Å². The summed E-state index contributed by atoms with van der Waals surface area (Å²) in [6.45, 7) is 3.80. The third-order valence-corrected chi connectivity index (χ3v) is 8.24. The maximum absolute atomic E-state index is 14.2. The number of aromatic nitrogens is 3. The molecule has 0 fully saturated rings. The maximum atomic E-state index is 14.2. The average Bonchev–Trinajstić information content (AvgIpc) is 3.65. The number of fused-ring (bicyclic) bond motifs is 2. The van der Waals surface area contributed by atoms with Crippen LogP contribution in [0.1, 0.15) is 49.3 Å². The van der Waals surface area contributed by atoms with Crippen LogP contribution in [0.4, 0.5) is 16.0 Å². The van der Waals surface area contributed by atoms with Crippen LogP contribution in [0, 0.1) is 12.7 Å². The standard InChI is InChI=1S/C26H19FN6O2S2/c1-12(18-5-6-19(36-18)16-9-15(27)8-14-11-29-25(35)22(14)16)30-23-17-10-20(37-26(17)32-13(2)31-23)24(34)33-21-4-3-7-28-21/h3-12,28H,1-2H3,(H,33,34)(H,30,31,32). The molecule has 0 aliphatic carbocycles. The van der Waals surface area contributed by atoms with Gasteiger partial charge in [0.05, 0.1) is 21.9 Å².